The van der Waals surface area contributed by atoms with Gasteiger partial charge in [-0.05, 0) is 32.0 Å². The standard InChI is InChI=1S/C22H19N3O3S/c1-3-27-22(26)19-18(28-20(25-19)15-9-5-4-6-10-15)13-29-21-16-11-7-8-12-17(16)23-14(2)24-21/h4-12H,3,13H2,1-2H3. The van der Waals surface area contributed by atoms with Crippen LogP contribution in [0.4, 0.5) is 0 Å². The predicted molar refractivity (Wildman–Crippen MR) is 112 cm³/mol. The summed E-state index contributed by atoms with van der Waals surface area (Å²) in [6.07, 6.45) is 0. The molecule has 0 aliphatic heterocycles. The summed E-state index contributed by atoms with van der Waals surface area (Å²) in [7, 11) is 0. The summed E-state index contributed by atoms with van der Waals surface area (Å²) in [4.78, 5) is 25.8. The number of carbonyl (C=O) groups excluding carboxylic acids is 1. The smallest absolute Gasteiger partial charge is 0.360 e. The number of benzene rings is 2. The molecular formula is C22H19N3O3S. The van der Waals surface area contributed by atoms with Gasteiger partial charge in [0.1, 0.15) is 16.6 Å². The molecule has 0 radical (unpaired) electrons. The largest absolute Gasteiger partial charge is 0.461 e. The maximum absolute atomic E-state index is 12.4. The van der Waals surface area contributed by atoms with Gasteiger partial charge in [-0.3, -0.25) is 0 Å². The van der Waals surface area contributed by atoms with Crippen molar-refractivity contribution in [3.63, 3.8) is 0 Å². The number of hydrogen-bond acceptors (Lipinski definition) is 7. The number of aryl methyl sites for hydroxylation is 1. The molecule has 0 aliphatic rings. The number of ether oxygens (including phenoxy) is 1. The molecule has 0 N–H and O–H groups in total. The van der Waals surface area contributed by atoms with E-state index in [4.69, 9.17) is 9.15 Å². The van der Waals surface area contributed by atoms with Crippen LogP contribution in [0.3, 0.4) is 0 Å². The highest BCUT2D eigenvalue weighted by Gasteiger charge is 2.22. The van der Waals surface area contributed by atoms with E-state index in [1.54, 1.807) is 6.92 Å². The molecular weight excluding hydrogens is 386 g/mol. The lowest BCUT2D eigenvalue weighted by Gasteiger charge is -2.06. The third-order valence-corrected chi connectivity index (χ3v) is 5.20. The van der Waals surface area contributed by atoms with Crippen molar-refractivity contribution in [3.05, 3.63) is 71.9 Å². The fourth-order valence-corrected chi connectivity index (χ4v) is 3.90. The van der Waals surface area contributed by atoms with Gasteiger partial charge in [0.05, 0.1) is 17.9 Å². The summed E-state index contributed by atoms with van der Waals surface area (Å²) in [6.45, 7) is 3.90. The fourth-order valence-electron chi connectivity index (χ4n) is 2.92. The highest BCUT2D eigenvalue weighted by Crippen LogP contribution is 2.31. The minimum atomic E-state index is -0.488. The Labute approximate surface area is 172 Å². The van der Waals surface area contributed by atoms with Gasteiger partial charge in [-0.1, -0.05) is 48.2 Å². The first-order valence-electron chi connectivity index (χ1n) is 9.24. The number of nitrogens with zero attached hydrogens (tertiary/aromatic N) is 3. The summed E-state index contributed by atoms with van der Waals surface area (Å²) in [6, 6.07) is 17.3. The first kappa shape index (κ1) is 19.1. The average Bonchev–Trinajstić information content (AvgIpc) is 3.17. The molecule has 146 valence electrons. The molecule has 4 aromatic rings. The SMILES string of the molecule is CCOC(=O)c1nc(-c2ccccc2)oc1CSc1nc(C)nc2ccccc12. The van der Waals surface area contributed by atoms with Crippen LogP contribution >= 0.6 is 11.8 Å². The Balaban J connectivity index is 1.68. The first-order chi connectivity index (χ1) is 14.2. The number of oxazole rings is 1. The van der Waals surface area contributed by atoms with E-state index in [-0.39, 0.29) is 12.3 Å². The van der Waals surface area contributed by atoms with Crippen molar-refractivity contribution >= 4 is 28.6 Å². The maximum atomic E-state index is 12.4. The van der Waals surface area contributed by atoms with Crippen LogP contribution < -0.4 is 0 Å². The van der Waals surface area contributed by atoms with Gasteiger partial charge in [-0.25, -0.2) is 19.7 Å². The van der Waals surface area contributed by atoms with E-state index in [1.807, 2.05) is 61.5 Å². The van der Waals surface area contributed by atoms with Gasteiger partial charge < -0.3 is 9.15 Å². The third kappa shape index (κ3) is 4.14. The number of esters is 1. The molecule has 0 unspecified atom stereocenters. The molecule has 0 amide bonds. The normalized spacial score (nSPS) is 11.0. The van der Waals surface area contributed by atoms with Gasteiger partial charge in [0.2, 0.25) is 5.89 Å². The molecule has 0 atom stereocenters. The highest BCUT2D eigenvalue weighted by atomic mass is 32.2. The summed E-state index contributed by atoms with van der Waals surface area (Å²) in [5, 5.41) is 1.80. The lowest BCUT2D eigenvalue weighted by molar-refractivity contribution is 0.0518. The van der Waals surface area contributed by atoms with E-state index in [0.29, 0.717) is 23.2 Å². The second kappa shape index (κ2) is 8.45. The Morgan fingerprint density at radius 3 is 2.59 bits per heavy atom. The van der Waals surface area contributed by atoms with Crippen LogP contribution in [0, 0.1) is 6.92 Å². The van der Waals surface area contributed by atoms with Crippen LogP contribution in [0.2, 0.25) is 0 Å². The minimum absolute atomic E-state index is 0.202. The summed E-state index contributed by atoms with van der Waals surface area (Å²) < 4.78 is 11.1. The molecule has 7 heteroatoms. The number of rotatable bonds is 6. The van der Waals surface area contributed by atoms with Crippen molar-refractivity contribution < 1.29 is 13.9 Å². The van der Waals surface area contributed by atoms with Gasteiger partial charge in [0.25, 0.3) is 0 Å². The monoisotopic (exact) mass is 405 g/mol. The minimum Gasteiger partial charge on any atom is -0.461 e. The van der Waals surface area contributed by atoms with Crippen LogP contribution in [0.25, 0.3) is 22.4 Å². The molecule has 4 rings (SSSR count). The zero-order valence-electron chi connectivity index (χ0n) is 16.1. The molecule has 29 heavy (non-hydrogen) atoms. The second-order valence-corrected chi connectivity index (χ2v) is 7.22. The van der Waals surface area contributed by atoms with Crippen LogP contribution in [-0.2, 0) is 10.5 Å². The number of hydrogen-bond donors (Lipinski definition) is 0. The zero-order valence-corrected chi connectivity index (χ0v) is 16.9. The van der Waals surface area contributed by atoms with E-state index in [0.717, 1.165) is 21.5 Å². The molecule has 0 saturated heterocycles. The van der Waals surface area contributed by atoms with Crippen LogP contribution in [0.5, 0.6) is 0 Å². The van der Waals surface area contributed by atoms with Crippen LogP contribution in [-0.4, -0.2) is 27.5 Å². The Morgan fingerprint density at radius 2 is 1.79 bits per heavy atom. The van der Waals surface area contributed by atoms with Crippen LogP contribution in [0.15, 0.2) is 64.0 Å². The first-order valence-corrected chi connectivity index (χ1v) is 10.2. The Bertz CT molecular complexity index is 1160. The fraction of sp³-hybridized carbons (Fsp3) is 0.182. The van der Waals surface area contributed by atoms with Gasteiger partial charge in [0.15, 0.2) is 5.69 Å². The van der Waals surface area contributed by atoms with E-state index in [9.17, 15) is 4.79 Å². The van der Waals surface area contributed by atoms with E-state index in [2.05, 4.69) is 15.0 Å². The molecule has 2 aromatic carbocycles. The summed E-state index contributed by atoms with van der Waals surface area (Å²) >= 11 is 1.48. The second-order valence-electron chi connectivity index (χ2n) is 6.26. The number of aromatic nitrogens is 3. The van der Waals surface area contributed by atoms with E-state index >= 15 is 0 Å². The van der Waals surface area contributed by atoms with Crippen molar-refractivity contribution in [2.24, 2.45) is 0 Å². The molecule has 0 aliphatic carbocycles. The molecule has 2 heterocycles. The lowest BCUT2D eigenvalue weighted by atomic mass is 10.2. The van der Waals surface area contributed by atoms with Crippen molar-refractivity contribution in [1.29, 1.82) is 0 Å². The maximum Gasteiger partial charge on any atom is 0.360 e. The molecule has 0 spiro atoms. The Morgan fingerprint density at radius 1 is 1.03 bits per heavy atom. The van der Waals surface area contributed by atoms with Crippen molar-refractivity contribution in [2.45, 2.75) is 24.6 Å². The van der Waals surface area contributed by atoms with E-state index < -0.39 is 5.97 Å². The number of para-hydroxylation sites is 1. The van der Waals surface area contributed by atoms with Gasteiger partial charge in [-0.2, -0.15) is 0 Å². The van der Waals surface area contributed by atoms with Crippen molar-refractivity contribution in [3.8, 4) is 11.5 Å². The third-order valence-electron chi connectivity index (χ3n) is 4.21. The van der Waals surface area contributed by atoms with Crippen molar-refractivity contribution in [2.75, 3.05) is 6.61 Å². The molecule has 0 saturated carbocycles. The number of fused-ring (bicyclic) bond motifs is 1. The average molecular weight is 405 g/mol. The zero-order chi connectivity index (χ0) is 20.2. The molecule has 6 nitrogen and oxygen atoms in total. The topological polar surface area (TPSA) is 78.1 Å². The number of thioether (sulfide) groups is 1. The summed E-state index contributed by atoms with van der Waals surface area (Å²) in [5.74, 6) is 1.46. The highest BCUT2D eigenvalue weighted by molar-refractivity contribution is 7.98. The quantitative estimate of drug-likeness (QED) is 0.252. The Hall–Kier alpha value is -3.19. The summed E-state index contributed by atoms with van der Waals surface area (Å²) in [5.41, 5.74) is 1.89. The molecule has 0 fully saturated rings. The van der Waals surface area contributed by atoms with Gasteiger partial charge in [0, 0.05) is 10.9 Å². The molecule has 0 bridgehead atoms. The predicted octanol–water partition coefficient (Wildman–Crippen LogP) is 5.06. The van der Waals surface area contributed by atoms with E-state index in [1.165, 1.54) is 11.8 Å². The van der Waals surface area contributed by atoms with Crippen LogP contribution in [0.1, 0.15) is 29.0 Å². The molecule has 2 aromatic heterocycles. The van der Waals surface area contributed by atoms with Gasteiger partial charge >= 0.3 is 5.97 Å². The number of carbonyl (C=O) groups is 1. The van der Waals surface area contributed by atoms with Crippen molar-refractivity contribution in [1.82, 2.24) is 15.0 Å². The van der Waals surface area contributed by atoms with Gasteiger partial charge in [-0.15, -0.1) is 0 Å². The Kier molecular flexibility index (Phi) is 5.57. The lowest BCUT2D eigenvalue weighted by Crippen LogP contribution is -2.07.